The van der Waals surface area contributed by atoms with E-state index in [9.17, 15) is 4.79 Å². The van der Waals surface area contributed by atoms with Crippen molar-refractivity contribution in [2.75, 3.05) is 26.8 Å². The molecule has 2 fully saturated rings. The van der Waals surface area contributed by atoms with Crippen LogP contribution < -0.4 is 0 Å². The standard InChI is InChI=1S/C16H25N3O3/c1-12(2)19-13(5-8-17-19)15(20)18-9-7-16(6-4-10-22-16)14(11-18)21-3/h5,8,12,14H,4,6-7,9-11H2,1-3H3/t14-,16-/m0/s1. The monoisotopic (exact) mass is 307 g/mol. The molecule has 0 radical (unpaired) electrons. The summed E-state index contributed by atoms with van der Waals surface area (Å²) in [6, 6.07) is 1.96. The van der Waals surface area contributed by atoms with E-state index in [1.54, 1.807) is 24.1 Å². The van der Waals surface area contributed by atoms with Gasteiger partial charge in [-0.1, -0.05) is 0 Å². The number of methoxy groups -OCH3 is 1. The van der Waals surface area contributed by atoms with Crippen LogP contribution >= 0.6 is 0 Å². The average Bonchev–Trinajstić information content (AvgIpc) is 3.16. The maximum absolute atomic E-state index is 12.8. The molecule has 3 rings (SSSR count). The number of likely N-dealkylation sites (tertiary alicyclic amines) is 1. The van der Waals surface area contributed by atoms with E-state index in [2.05, 4.69) is 5.10 Å². The highest BCUT2D eigenvalue weighted by Gasteiger charge is 2.47. The highest BCUT2D eigenvalue weighted by atomic mass is 16.5. The van der Waals surface area contributed by atoms with E-state index in [0.29, 0.717) is 18.8 Å². The largest absolute Gasteiger partial charge is 0.377 e. The number of hydrogen-bond donors (Lipinski definition) is 0. The summed E-state index contributed by atoms with van der Waals surface area (Å²) in [5.74, 6) is 0.0288. The normalized spacial score (nSPS) is 28.7. The lowest BCUT2D eigenvalue weighted by atomic mass is 9.85. The Bertz CT molecular complexity index is 534. The van der Waals surface area contributed by atoms with E-state index in [4.69, 9.17) is 9.47 Å². The third-order valence-corrected chi connectivity index (χ3v) is 4.86. The summed E-state index contributed by atoms with van der Waals surface area (Å²) in [7, 11) is 1.71. The summed E-state index contributed by atoms with van der Waals surface area (Å²) in [6.07, 6.45) is 4.58. The third kappa shape index (κ3) is 2.54. The van der Waals surface area contributed by atoms with Gasteiger partial charge in [0.15, 0.2) is 0 Å². The van der Waals surface area contributed by atoms with Crippen LogP contribution in [0.3, 0.4) is 0 Å². The molecule has 0 saturated carbocycles. The fraction of sp³-hybridized carbons (Fsp3) is 0.750. The smallest absolute Gasteiger partial charge is 0.272 e. The number of aromatic nitrogens is 2. The van der Waals surface area contributed by atoms with E-state index in [1.807, 2.05) is 18.7 Å². The first-order valence-electron chi connectivity index (χ1n) is 8.07. The predicted molar refractivity (Wildman–Crippen MR) is 81.8 cm³/mol. The molecule has 2 atom stereocenters. The lowest BCUT2D eigenvalue weighted by Crippen LogP contribution is -2.57. The number of carbonyl (C=O) groups is 1. The van der Waals surface area contributed by atoms with Crippen LogP contribution in [0.25, 0.3) is 0 Å². The predicted octanol–water partition coefficient (Wildman–Crippen LogP) is 1.87. The van der Waals surface area contributed by atoms with Crippen molar-refractivity contribution in [3.05, 3.63) is 18.0 Å². The van der Waals surface area contributed by atoms with Crippen molar-refractivity contribution in [2.45, 2.75) is 50.9 Å². The molecule has 1 spiro atoms. The summed E-state index contributed by atoms with van der Waals surface area (Å²) < 4.78 is 13.4. The Morgan fingerprint density at radius 3 is 2.95 bits per heavy atom. The van der Waals surface area contributed by atoms with Crippen molar-refractivity contribution in [1.82, 2.24) is 14.7 Å². The number of ether oxygens (including phenoxy) is 2. The Morgan fingerprint density at radius 1 is 1.50 bits per heavy atom. The number of nitrogens with zero attached hydrogens (tertiary/aromatic N) is 3. The van der Waals surface area contributed by atoms with Crippen LogP contribution in [0.2, 0.25) is 0 Å². The van der Waals surface area contributed by atoms with Crippen molar-refractivity contribution < 1.29 is 14.3 Å². The second-order valence-corrected chi connectivity index (χ2v) is 6.50. The molecule has 1 aromatic rings. The van der Waals surface area contributed by atoms with Crippen molar-refractivity contribution in [1.29, 1.82) is 0 Å². The minimum atomic E-state index is -0.191. The van der Waals surface area contributed by atoms with Gasteiger partial charge in [-0.2, -0.15) is 5.10 Å². The van der Waals surface area contributed by atoms with Gasteiger partial charge in [-0.25, -0.2) is 0 Å². The van der Waals surface area contributed by atoms with Gasteiger partial charge < -0.3 is 14.4 Å². The average molecular weight is 307 g/mol. The molecule has 6 nitrogen and oxygen atoms in total. The highest BCUT2D eigenvalue weighted by molar-refractivity contribution is 5.92. The molecular formula is C16H25N3O3. The maximum Gasteiger partial charge on any atom is 0.272 e. The summed E-state index contributed by atoms with van der Waals surface area (Å²) in [6.45, 7) is 6.15. The van der Waals surface area contributed by atoms with Crippen molar-refractivity contribution in [3.8, 4) is 0 Å². The van der Waals surface area contributed by atoms with Crippen LogP contribution in [0.15, 0.2) is 12.3 Å². The van der Waals surface area contributed by atoms with Gasteiger partial charge in [0.05, 0.1) is 12.1 Å². The zero-order valence-electron chi connectivity index (χ0n) is 13.6. The first-order valence-corrected chi connectivity index (χ1v) is 8.07. The molecule has 3 heterocycles. The number of rotatable bonds is 3. The molecule has 22 heavy (non-hydrogen) atoms. The molecule has 1 amide bonds. The SMILES string of the molecule is CO[C@H]1CN(C(=O)c2ccnn2C(C)C)CC[C@@]12CCCO2. The summed E-state index contributed by atoms with van der Waals surface area (Å²) in [5.41, 5.74) is 0.456. The third-order valence-electron chi connectivity index (χ3n) is 4.86. The second-order valence-electron chi connectivity index (χ2n) is 6.50. The fourth-order valence-corrected chi connectivity index (χ4v) is 3.64. The Balaban J connectivity index is 1.76. The van der Waals surface area contributed by atoms with Crippen LogP contribution in [0, 0.1) is 0 Å². The topological polar surface area (TPSA) is 56.6 Å². The van der Waals surface area contributed by atoms with Crippen molar-refractivity contribution in [3.63, 3.8) is 0 Å². The van der Waals surface area contributed by atoms with Crippen molar-refractivity contribution >= 4 is 5.91 Å². The van der Waals surface area contributed by atoms with Crippen LogP contribution in [-0.4, -0.2) is 59.1 Å². The maximum atomic E-state index is 12.8. The van der Waals surface area contributed by atoms with Crippen LogP contribution in [0.1, 0.15) is 49.6 Å². The molecule has 0 N–H and O–H groups in total. The molecule has 2 saturated heterocycles. The van der Waals surface area contributed by atoms with E-state index in [0.717, 1.165) is 25.9 Å². The number of piperidine rings is 1. The molecule has 1 aromatic heterocycles. The second kappa shape index (κ2) is 6.01. The molecule has 2 aliphatic rings. The molecular weight excluding hydrogens is 282 g/mol. The quantitative estimate of drug-likeness (QED) is 0.855. The van der Waals surface area contributed by atoms with Gasteiger partial charge in [-0.05, 0) is 39.2 Å². The number of amides is 1. The van der Waals surface area contributed by atoms with Crippen molar-refractivity contribution in [2.24, 2.45) is 0 Å². The number of hydrogen-bond acceptors (Lipinski definition) is 4. The van der Waals surface area contributed by atoms with Gasteiger partial charge in [-0.15, -0.1) is 0 Å². The zero-order valence-corrected chi connectivity index (χ0v) is 13.6. The van der Waals surface area contributed by atoms with E-state index >= 15 is 0 Å². The summed E-state index contributed by atoms with van der Waals surface area (Å²) in [4.78, 5) is 14.7. The van der Waals surface area contributed by atoms with Crippen LogP contribution in [0.4, 0.5) is 0 Å². The lowest BCUT2D eigenvalue weighted by molar-refractivity contribution is -0.136. The minimum absolute atomic E-state index is 0.0288. The first kappa shape index (κ1) is 15.5. The minimum Gasteiger partial charge on any atom is -0.377 e. The van der Waals surface area contributed by atoms with E-state index in [1.165, 1.54) is 0 Å². The van der Waals surface area contributed by atoms with Crippen LogP contribution in [0.5, 0.6) is 0 Å². The lowest BCUT2D eigenvalue weighted by Gasteiger charge is -2.44. The Hall–Kier alpha value is -1.40. The van der Waals surface area contributed by atoms with Crippen LogP contribution in [-0.2, 0) is 9.47 Å². The summed E-state index contributed by atoms with van der Waals surface area (Å²) in [5, 5.41) is 4.25. The van der Waals surface area contributed by atoms with Gasteiger partial charge in [0.2, 0.25) is 0 Å². The fourth-order valence-electron chi connectivity index (χ4n) is 3.64. The molecule has 0 bridgehead atoms. The van der Waals surface area contributed by atoms with Gasteiger partial charge >= 0.3 is 0 Å². The Morgan fingerprint density at radius 2 is 2.32 bits per heavy atom. The molecule has 0 aliphatic carbocycles. The molecule has 6 heteroatoms. The van der Waals surface area contributed by atoms with Gasteiger partial charge in [-0.3, -0.25) is 9.48 Å². The van der Waals surface area contributed by atoms with Gasteiger partial charge in [0.25, 0.3) is 5.91 Å². The molecule has 2 aliphatic heterocycles. The molecule has 0 unspecified atom stereocenters. The summed E-state index contributed by atoms with van der Waals surface area (Å²) >= 11 is 0. The van der Waals surface area contributed by atoms with Gasteiger partial charge in [0.1, 0.15) is 11.8 Å². The zero-order chi connectivity index (χ0) is 15.7. The number of carbonyl (C=O) groups excluding carboxylic acids is 1. The van der Waals surface area contributed by atoms with E-state index in [-0.39, 0.29) is 23.7 Å². The van der Waals surface area contributed by atoms with Gasteiger partial charge in [0, 0.05) is 32.5 Å². The first-order chi connectivity index (χ1) is 10.6. The van der Waals surface area contributed by atoms with E-state index < -0.39 is 0 Å². The Kier molecular flexibility index (Phi) is 4.23. The highest BCUT2D eigenvalue weighted by Crippen LogP contribution is 2.37. The molecule has 0 aromatic carbocycles. The molecule has 122 valence electrons. The Labute approximate surface area is 131 Å².